The molecule has 2 unspecified atom stereocenters. The van der Waals surface area contributed by atoms with Gasteiger partial charge in [0.1, 0.15) is 0 Å². The van der Waals surface area contributed by atoms with Crippen molar-refractivity contribution in [1.29, 1.82) is 0 Å². The molecule has 1 aliphatic carbocycles. The molecule has 0 bridgehead atoms. The SMILES string of the molecule is O=C(c1ccnc(F)c1)N1CCCC2CCCCC21. The van der Waals surface area contributed by atoms with Gasteiger partial charge < -0.3 is 4.90 Å². The first kappa shape index (κ1) is 12.6. The van der Waals surface area contributed by atoms with E-state index in [1.807, 2.05) is 4.90 Å². The van der Waals surface area contributed by atoms with E-state index >= 15 is 0 Å². The van der Waals surface area contributed by atoms with E-state index in [9.17, 15) is 9.18 Å². The van der Waals surface area contributed by atoms with Crippen molar-refractivity contribution >= 4 is 5.91 Å². The number of fused-ring (bicyclic) bond motifs is 1. The summed E-state index contributed by atoms with van der Waals surface area (Å²) in [6.45, 7) is 0.809. The second kappa shape index (κ2) is 5.27. The van der Waals surface area contributed by atoms with E-state index in [1.54, 1.807) is 6.07 Å². The lowest BCUT2D eigenvalue weighted by atomic mass is 9.78. The van der Waals surface area contributed by atoms with Crippen molar-refractivity contribution in [3.8, 4) is 0 Å². The summed E-state index contributed by atoms with van der Waals surface area (Å²) in [5.74, 6) is 0.0408. The van der Waals surface area contributed by atoms with Crippen molar-refractivity contribution in [1.82, 2.24) is 9.88 Å². The summed E-state index contributed by atoms with van der Waals surface area (Å²) in [7, 11) is 0. The second-order valence-electron chi connectivity index (χ2n) is 5.62. The Kier molecular flexibility index (Phi) is 3.49. The van der Waals surface area contributed by atoms with Gasteiger partial charge in [-0.2, -0.15) is 4.39 Å². The molecule has 2 atom stereocenters. The van der Waals surface area contributed by atoms with Crippen LogP contribution in [-0.4, -0.2) is 28.4 Å². The van der Waals surface area contributed by atoms with Gasteiger partial charge in [0, 0.05) is 30.4 Å². The molecule has 1 aromatic rings. The van der Waals surface area contributed by atoms with E-state index in [4.69, 9.17) is 0 Å². The molecule has 2 aliphatic rings. The first-order valence-corrected chi connectivity index (χ1v) is 7.18. The third-order valence-electron chi connectivity index (χ3n) is 4.48. The van der Waals surface area contributed by atoms with Gasteiger partial charge in [0.2, 0.25) is 5.95 Å². The maximum atomic E-state index is 13.1. The van der Waals surface area contributed by atoms with Crippen molar-refractivity contribution in [3.05, 3.63) is 29.8 Å². The van der Waals surface area contributed by atoms with Gasteiger partial charge in [-0.25, -0.2) is 4.98 Å². The van der Waals surface area contributed by atoms with E-state index < -0.39 is 5.95 Å². The smallest absolute Gasteiger partial charge is 0.254 e. The molecule has 4 heteroatoms. The van der Waals surface area contributed by atoms with Crippen LogP contribution in [0.5, 0.6) is 0 Å². The Hall–Kier alpha value is -1.45. The average Bonchev–Trinajstić information content (AvgIpc) is 2.46. The minimum Gasteiger partial charge on any atom is -0.335 e. The Morgan fingerprint density at radius 2 is 2.05 bits per heavy atom. The molecule has 1 aliphatic heterocycles. The molecule has 2 fully saturated rings. The topological polar surface area (TPSA) is 33.2 Å². The molecule has 2 heterocycles. The molecule has 0 N–H and O–H groups in total. The van der Waals surface area contributed by atoms with Crippen LogP contribution in [0.2, 0.25) is 0 Å². The minimum atomic E-state index is -0.581. The quantitative estimate of drug-likeness (QED) is 0.729. The number of halogens is 1. The van der Waals surface area contributed by atoms with E-state index in [2.05, 4.69) is 4.98 Å². The normalized spacial score (nSPS) is 26.9. The molecule has 0 radical (unpaired) electrons. The van der Waals surface area contributed by atoms with E-state index in [0.717, 1.165) is 19.4 Å². The average molecular weight is 262 g/mol. The van der Waals surface area contributed by atoms with Gasteiger partial charge in [-0.3, -0.25) is 4.79 Å². The number of likely N-dealkylation sites (tertiary alicyclic amines) is 1. The van der Waals surface area contributed by atoms with Gasteiger partial charge in [0.25, 0.3) is 5.91 Å². The van der Waals surface area contributed by atoms with Crippen LogP contribution in [0, 0.1) is 11.9 Å². The van der Waals surface area contributed by atoms with E-state index in [1.165, 1.54) is 37.9 Å². The number of carbonyl (C=O) groups is 1. The van der Waals surface area contributed by atoms with E-state index in [-0.39, 0.29) is 5.91 Å². The van der Waals surface area contributed by atoms with Crippen LogP contribution in [0.1, 0.15) is 48.9 Å². The van der Waals surface area contributed by atoms with Crippen LogP contribution in [0.15, 0.2) is 18.3 Å². The maximum absolute atomic E-state index is 13.1. The first-order valence-electron chi connectivity index (χ1n) is 7.18. The van der Waals surface area contributed by atoms with Crippen molar-refractivity contribution in [2.24, 2.45) is 5.92 Å². The second-order valence-corrected chi connectivity index (χ2v) is 5.62. The summed E-state index contributed by atoms with van der Waals surface area (Å²) in [4.78, 5) is 18.0. The lowest BCUT2D eigenvalue weighted by Gasteiger charge is -2.44. The monoisotopic (exact) mass is 262 g/mol. The van der Waals surface area contributed by atoms with Gasteiger partial charge in [-0.1, -0.05) is 12.8 Å². The highest BCUT2D eigenvalue weighted by Gasteiger charge is 2.35. The number of aromatic nitrogens is 1. The summed E-state index contributed by atoms with van der Waals surface area (Å²) in [5, 5.41) is 0. The number of piperidine rings is 1. The Balaban J connectivity index is 1.82. The molecule has 3 rings (SSSR count). The number of rotatable bonds is 1. The lowest BCUT2D eigenvalue weighted by molar-refractivity contribution is 0.0390. The zero-order chi connectivity index (χ0) is 13.2. The summed E-state index contributed by atoms with van der Waals surface area (Å²) in [6, 6.07) is 3.22. The van der Waals surface area contributed by atoms with Gasteiger partial charge in [-0.05, 0) is 37.7 Å². The number of amides is 1. The Morgan fingerprint density at radius 3 is 2.89 bits per heavy atom. The molecule has 3 nitrogen and oxygen atoms in total. The molecular formula is C15H19FN2O. The molecule has 1 saturated heterocycles. The predicted octanol–water partition coefficient (Wildman–Crippen LogP) is 3.02. The largest absolute Gasteiger partial charge is 0.335 e. The number of hydrogen-bond acceptors (Lipinski definition) is 2. The number of carbonyl (C=O) groups excluding carboxylic acids is 1. The predicted molar refractivity (Wildman–Crippen MR) is 70.2 cm³/mol. The maximum Gasteiger partial charge on any atom is 0.254 e. The highest BCUT2D eigenvalue weighted by molar-refractivity contribution is 5.94. The summed E-state index contributed by atoms with van der Waals surface area (Å²) in [6.07, 6.45) is 8.50. The van der Waals surface area contributed by atoms with Crippen molar-refractivity contribution in [2.75, 3.05) is 6.54 Å². The van der Waals surface area contributed by atoms with Crippen LogP contribution < -0.4 is 0 Å². The Morgan fingerprint density at radius 1 is 1.26 bits per heavy atom. The van der Waals surface area contributed by atoms with Crippen LogP contribution >= 0.6 is 0 Å². The van der Waals surface area contributed by atoms with E-state index in [0.29, 0.717) is 17.5 Å². The van der Waals surface area contributed by atoms with Crippen LogP contribution in [0.25, 0.3) is 0 Å². The third kappa shape index (κ3) is 2.48. The molecule has 1 aromatic heterocycles. The molecule has 19 heavy (non-hydrogen) atoms. The van der Waals surface area contributed by atoms with Crippen molar-refractivity contribution in [2.45, 2.75) is 44.6 Å². The van der Waals surface area contributed by atoms with Crippen LogP contribution in [0.3, 0.4) is 0 Å². The Bertz CT molecular complexity index is 475. The molecule has 1 saturated carbocycles. The third-order valence-corrected chi connectivity index (χ3v) is 4.48. The molecule has 102 valence electrons. The fourth-order valence-electron chi connectivity index (χ4n) is 3.58. The number of nitrogens with zero attached hydrogens (tertiary/aromatic N) is 2. The highest BCUT2D eigenvalue weighted by Crippen LogP contribution is 2.35. The fraction of sp³-hybridized carbons (Fsp3) is 0.600. The lowest BCUT2D eigenvalue weighted by Crippen LogP contribution is -2.49. The number of hydrogen-bond donors (Lipinski definition) is 0. The Labute approximate surface area is 112 Å². The summed E-state index contributed by atoms with van der Waals surface area (Å²) >= 11 is 0. The van der Waals surface area contributed by atoms with Gasteiger partial charge >= 0.3 is 0 Å². The van der Waals surface area contributed by atoms with Crippen molar-refractivity contribution < 1.29 is 9.18 Å². The molecular weight excluding hydrogens is 243 g/mol. The van der Waals surface area contributed by atoms with Gasteiger partial charge in [0.05, 0.1) is 0 Å². The van der Waals surface area contributed by atoms with Crippen LogP contribution in [0.4, 0.5) is 4.39 Å². The first-order chi connectivity index (χ1) is 9.25. The standard InChI is InChI=1S/C15H19FN2O/c16-14-10-12(7-8-17-14)15(19)18-9-3-5-11-4-1-2-6-13(11)18/h7-8,10-11,13H,1-6,9H2. The van der Waals surface area contributed by atoms with Gasteiger partial charge in [0.15, 0.2) is 0 Å². The zero-order valence-electron chi connectivity index (χ0n) is 11.0. The molecule has 0 spiro atoms. The number of pyridine rings is 1. The van der Waals surface area contributed by atoms with Crippen molar-refractivity contribution in [3.63, 3.8) is 0 Å². The summed E-state index contributed by atoms with van der Waals surface area (Å²) in [5.41, 5.74) is 0.429. The van der Waals surface area contributed by atoms with Crippen LogP contribution in [-0.2, 0) is 0 Å². The fourth-order valence-corrected chi connectivity index (χ4v) is 3.58. The highest BCUT2D eigenvalue weighted by atomic mass is 19.1. The minimum absolute atomic E-state index is 0.0297. The molecule has 0 aromatic carbocycles. The summed E-state index contributed by atoms with van der Waals surface area (Å²) < 4.78 is 13.1. The van der Waals surface area contributed by atoms with Gasteiger partial charge in [-0.15, -0.1) is 0 Å². The molecule has 1 amide bonds. The zero-order valence-corrected chi connectivity index (χ0v) is 11.0.